The molecule has 2 aromatic rings. The molecule has 1 saturated carbocycles. The number of carbonyl (C=O) groups is 1. The van der Waals surface area contributed by atoms with Crippen LogP contribution in [0.2, 0.25) is 0 Å². The first-order valence-electron chi connectivity index (χ1n) is 5.80. The van der Waals surface area contributed by atoms with Crippen LogP contribution in [-0.4, -0.2) is 22.5 Å². The van der Waals surface area contributed by atoms with Gasteiger partial charge in [-0.15, -0.1) is 0 Å². The average molecular weight is 248 g/mol. The molecule has 18 heavy (non-hydrogen) atoms. The first kappa shape index (κ1) is 11.2. The molecule has 1 aliphatic carbocycles. The summed E-state index contributed by atoms with van der Waals surface area (Å²) in [6, 6.07) is 1.56. The number of imidazole rings is 1. The second-order valence-corrected chi connectivity index (χ2v) is 4.71. The van der Waals surface area contributed by atoms with Gasteiger partial charge >= 0.3 is 5.97 Å². The van der Waals surface area contributed by atoms with Gasteiger partial charge in [-0.25, -0.2) is 14.2 Å². The minimum atomic E-state index is -1.33. The Balaban J connectivity index is 2.26. The summed E-state index contributed by atoms with van der Waals surface area (Å²) in [6.45, 7) is 1.84. The predicted molar refractivity (Wildman–Crippen MR) is 63.3 cm³/mol. The minimum absolute atomic E-state index is 0.348. The standard InChI is InChI=1S/C13H13FN2O2/c1-8-6-16-7-9(12(17)18-2)5-10(11(16)15-8)13(14)3-4-13/h5-7H,3-4H2,1-2H3. The van der Waals surface area contributed by atoms with Crippen molar-refractivity contribution in [2.75, 3.05) is 7.11 Å². The van der Waals surface area contributed by atoms with E-state index in [9.17, 15) is 9.18 Å². The van der Waals surface area contributed by atoms with E-state index in [-0.39, 0.29) is 0 Å². The second-order valence-electron chi connectivity index (χ2n) is 4.71. The number of nitrogens with zero attached hydrogens (tertiary/aromatic N) is 2. The van der Waals surface area contributed by atoms with E-state index in [0.29, 0.717) is 29.6 Å². The predicted octanol–water partition coefficient (Wildman–Crippen LogP) is 2.39. The van der Waals surface area contributed by atoms with Crippen LogP contribution in [0.25, 0.3) is 5.65 Å². The monoisotopic (exact) mass is 248 g/mol. The van der Waals surface area contributed by atoms with Crippen LogP contribution in [0, 0.1) is 6.92 Å². The molecule has 2 heterocycles. The number of alkyl halides is 1. The maximum absolute atomic E-state index is 14.3. The third-order valence-corrected chi connectivity index (χ3v) is 3.26. The molecular formula is C13H13FN2O2. The summed E-state index contributed by atoms with van der Waals surface area (Å²) in [4.78, 5) is 15.9. The number of esters is 1. The molecule has 0 spiro atoms. The van der Waals surface area contributed by atoms with E-state index in [2.05, 4.69) is 9.72 Å². The van der Waals surface area contributed by atoms with Gasteiger partial charge in [0, 0.05) is 18.0 Å². The Kier molecular flexibility index (Phi) is 2.20. The van der Waals surface area contributed by atoms with Crippen molar-refractivity contribution in [3.8, 4) is 0 Å². The second kappa shape index (κ2) is 3.54. The zero-order chi connectivity index (χ0) is 12.9. The van der Waals surface area contributed by atoms with Gasteiger partial charge in [-0.3, -0.25) is 0 Å². The summed E-state index contributed by atoms with van der Waals surface area (Å²) < 4.78 is 20.7. The molecule has 0 aromatic carbocycles. The largest absolute Gasteiger partial charge is 0.465 e. The molecule has 0 aliphatic heterocycles. The Bertz CT molecular complexity index is 644. The van der Waals surface area contributed by atoms with Crippen LogP contribution in [0.5, 0.6) is 0 Å². The van der Waals surface area contributed by atoms with E-state index in [0.717, 1.165) is 5.69 Å². The number of fused-ring (bicyclic) bond motifs is 1. The highest BCUT2D eigenvalue weighted by molar-refractivity contribution is 5.90. The summed E-state index contributed by atoms with van der Waals surface area (Å²) in [5.74, 6) is -0.464. The number of rotatable bonds is 2. The highest BCUT2D eigenvalue weighted by Gasteiger charge is 2.47. The first-order chi connectivity index (χ1) is 8.53. The molecule has 5 heteroatoms. The summed E-state index contributed by atoms with van der Waals surface area (Å²) in [5, 5.41) is 0. The lowest BCUT2D eigenvalue weighted by Crippen LogP contribution is -2.08. The highest BCUT2D eigenvalue weighted by Crippen LogP contribution is 2.50. The number of methoxy groups -OCH3 is 1. The van der Waals surface area contributed by atoms with E-state index in [1.807, 2.05) is 6.92 Å². The van der Waals surface area contributed by atoms with Crippen molar-refractivity contribution in [2.45, 2.75) is 25.4 Å². The lowest BCUT2D eigenvalue weighted by molar-refractivity contribution is 0.0600. The van der Waals surface area contributed by atoms with E-state index >= 15 is 0 Å². The molecule has 1 aliphatic rings. The number of hydrogen-bond donors (Lipinski definition) is 0. The number of aryl methyl sites for hydroxylation is 1. The summed E-state index contributed by atoms with van der Waals surface area (Å²) in [5.41, 5.74) is 0.880. The fourth-order valence-corrected chi connectivity index (χ4v) is 2.16. The van der Waals surface area contributed by atoms with E-state index in [1.165, 1.54) is 7.11 Å². The maximum atomic E-state index is 14.3. The minimum Gasteiger partial charge on any atom is -0.465 e. The van der Waals surface area contributed by atoms with Gasteiger partial charge in [0.2, 0.25) is 0 Å². The van der Waals surface area contributed by atoms with E-state index in [1.54, 1.807) is 22.9 Å². The van der Waals surface area contributed by atoms with Crippen LogP contribution in [0.1, 0.15) is 34.5 Å². The third-order valence-electron chi connectivity index (χ3n) is 3.26. The molecule has 1 fully saturated rings. The lowest BCUT2D eigenvalue weighted by atomic mass is 10.1. The van der Waals surface area contributed by atoms with Crippen molar-refractivity contribution in [2.24, 2.45) is 0 Å². The van der Waals surface area contributed by atoms with Crippen LogP contribution in [0.4, 0.5) is 4.39 Å². The van der Waals surface area contributed by atoms with Gasteiger partial charge in [0.1, 0.15) is 11.3 Å². The third kappa shape index (κ3) is 1.58. The number of halogens is 1. The molecule has 0 N–H and O–H groups in total. The van der Waals surface area contributed by atoms with Gasteiger partial charge in [-0.05, 0) is 25.8 Å². The van der Waals surface area contributed by atoms with Crippen LogP contribution in [0.15, 0.2) is 18.5 Å². The van der Waals surface area contributed by atoms with E-state index < -0.39 is 11.6 Å². The van der Waals surface area contributed by atoms with E-state index in [4.69, 9.17) is 0 Å². The van der Waals surface area contributed by atoms with Crippen molar-refractivity contribution >= 4 is 11.6 Å². The fourth-order valence-electron chi connectivity index (χ4n) is 2.16. The molecule has 0 radical (unpaired) electrons. The zero-order valence-corrected chi connectivity index (χ0v) is 10.2. The summed E-state index contributed by atoms with van der Waals surface area (Å²) in [6.07, 6.45) is 4.37. The molecule has 3 rings (SSSR count). The normalized spacial score (nSPS) is 16.8. The van der Waals surface area contributed by atoms with Crippen LogP contribution >= 0.6 is 0 Å². The molecule has 2 aromatic heterocycles. The molecule has 0 amide bonds. The zero-order valence-electron chi connectivity index (χ0n) is 10.2. The first-order valence-corrected chi connectivity index (χ1v) is 5.80. The van der Waals surface area contributed by atoms with Gasteiger partial charge in [0.25, 0.3) is 0 Å². The number of ether oxygens (including phenoxy) is 1. The Hall–Kier alpha value is -1.91. The summed E-state index contributed by atoms with van der Waals surface area (Å²) >= 11 is 0. The number of carbonyl (C=O) groups excluding carboxylic acids is 1. The molecule has 0 unspecified atom stereocenters. The van der Waals surface area contributed by atoms with Gasteiger partial charge in [-0.2, -0.15) is 0 Å². The number of pyridine rings is 1. The fraction of sp³-hybridized carbons (Fsp3) is 0.385. The Labute approximate surface area is 103 Å². The van der Waals surface area contributed by atoms with Crippen LogP contribution < -0.4 is 0 Å². The van der Waals surface area contributed by atoms with Crippen LogP contribution in [0.3, 0.4) is 0 Å². The van der Waals surface area contributed by atoms with Gasteiger partial charge in [0.05, 0.1) is 18.4 Å². The molecule has 4 nitrogen and oxygen atoms in total. The Morgan fingerprint density at radius 3 is 2.83 bits per heavy atom. The molecule has 0 bridgehead atoms. The maximum Gasteiger partial charge on any atom is 0.339 e. The van der Waals surface area contributed by atoms with Crippen molar-refractivity contribution in [3.05, 3.63) is 35.3 Å². The van der Waals surface area contributed by atoms with Gasteiger partial charge in [-0.1, -0.05) is 0 Å². The number of hydrogen-bond acceptors (Lipinski definition) is 3. The van der Waals surface area contributed by atoms with Crippen molar-refractivity contribution in [1.82, 2.24) is 9.38 Å². The lowest BCUT2D eigenvalue weighted by Gasteiger charge is -2.09. The Morgan fingerprint density at radius 1 is 1.50 bits per heavy atom. The van der Waals surface area contributed by atoms with Gasteiger partial charge < -0.3 is 9.14 Å². The molecule has 0 atom stereocenters. The summed E-state index contributed by atoms with van der Waals surface area (Å²) in [7, 11) is 1.31. The highest BCUT2D eigenvalue weighted by atomic mass is 19.1. The topological polar surface area (TPSA) is 43.6 Å². The molecule has 0 saturated heterocycles. The van der Waals surface area contributed by atoms with Crippen LogP contribution in [-0.2, 0) is 10.4 Å². The van der Waals surface area contributed by atoms with Crippen molar-refractivity contribution in [1.29, 1.82) is 0 Å². The molecular weight excluding hydrogens is 235 g/mol. The Morgan fingerprint density at radius 2 is 2.22 bits per heavy atom. The molecule has 94 valence electrons. The average Bonchev–Trinajstić information content (AvgIpc) is 2.98. The van der Waals surface area contributed by atoms with Gasteiger partial charge in [0.15, 0.2) is 0 Å². The smallest absolute Gasteiger partial charge is 0.339 e. The quantitative estimate of drug-likeness (QED) is 0.766. The van der Waals surface area contributed by atoms with Crippen molar-refractivity contribution < 1.29 is 13.9 Å². The number of aromatic nitrogens is 2. The SMILES string of the molecule is COC(=O)c1cc(C2(F)CC2)c2nc(C)cn2c1. The van der Waals surface area contributed by atoms with Crippen molar-refractivity contribution in [3.63, 3.8) is 0 Å².